The van der Waals surface area contributed by atoms with Crippen molar-refractivity contribution < 1.29 is 4.79 Å². The lowest BCUT2D eigenvalue weighted by Crippen LogP contribution is -2.59. The summed E-state index contributed by atoms with van der Waals surface area (Å²) in [6.45, 7) is 6.87. The number of rotatable bonds is 1. The average Bonchev–Trinajstić information content (AvgIpc) is 2.19. The number of hydrogen-bond acceptors (Lipinski definition) is 2. The molecule has 3 heteroatoms. The minimum absolute atomic E-state index is 0.0557. The fraction of sp³-hybridized carbons (Fsp3) is 0.462. The van der Waals surface area contributed by atoms with Crippen LogP contribution in [0.1, 0.15) is 31.0 Å². The Hall–Kier alpha value is -1.35. The first kappa shape index (κ1) is 11.1. The van der Waals surface area contributed by atoms with Crippen LogP contribution < -0.4 is 10.6 Å². The van der Waals surface area contributed by atoms with Crippen molar-refractivity contribution in [1.29, 1.82) is 0 Å². The Bertz CT molecular complexity index is 395. The maximum atomic E-state index is 11.9. The van der Waals surface area contributed by atoms with Crippen LogP contribution in [0, 0.1) is 6.92 Å². The molecule has 1 fully saturated rings. The van der Waals surface area contributed by atoms with Crippen LogP contribution in [-0.2, 0) is 4.79 Å². The first-order valence-corrected chi connectivity index (χ1v) is 5.60. The van der Waals surface area contributed by atoms with Crippen molar-refractivity contribution in [1.82, 2.24) is 10.6 Å². The van der Waals surface area contributed by atoms with Crippen molar-refractivity contribution in [3.8, 4) is 0 Å². The lowest BCUT2D eigenvalue weighted by molar-refractivity contribution is -0.126. The highest BCUT2D eigenvalue weighted by molar-refractivity contribution is 5.84. The Morgan fingerprint density at radius 3 is 2.44 bits per heavy atom. The van der Waals surface area contributed by atoms with Gasteiger partial charge < -0.3 is 5.32 Å². The predicted octanol–water partition coefficient (Wildman–Crippen LogP) is 1.53. The third kappa shape index (κ3) is 2.25. The molecule has 2 N–H and O–H groups in total. The van der Waals surface area contributed by atoms with Gasteiger partial charge in [0.1, 0.15) is 6.04 Å². The van der Waals surface area contributed by atoms with Gasteiger partial charge in [0, 0.05) is 12.1 Å². The van der Waals surface area contributed by atoms with E-state index in [1.54, 1.807) is 0 Å². The van der Waals surface area contributed by atoms with Crippen molar-refractivity contribution in [3.63, 3.8) is 0 Å². The zero-order chi connectivity index (χ0) is 11.8. The number of amides is 1. The summed E-state index contributed by atoms with van der Waals surface area (Å²) in [4.78, 5) is 11.9. The minimum Gasteiger partial charge on any atom is -0.348 e. The first-order chi connectivity index (χ1) is 7.48. The summed E-state index contributed by atoms with van der Waals surface area (Å²) in [6.07, 6.45) is 0. The van der Waals surface area contributed by atoms with Crippen LogP contribution in [0.4, 0.5) is 0 Å². The Labute approximate surface area is 96.2 Å². The molecule has 1 atom stereocenters. The monoisotopic (exact) mass is 218 g/mol. The molecule has 0 bridgehead atoms. The van der Waals surface area contributed by atoms with Gasteiger partial charge in [-0.2, -0.15) is 0 Å². The van der Waals surface area contributed by atoms with E-state index in [1.807, 2.05) is 45.0 Å². The van der Waals surface area contributed by atoms with Gasteiger partial charge in [0.25, 0.3) is 0 Å². The molecule has 0 aliphatic carbocycles. The summed E-state index contributed by atoms with van der Waals surface area (Å²) >= 11 is 0. The molecule has 1 heterocycles. The summed E-state index contributed by atoms with van der Waals surface area (Å²) < 4.78 is 0. The van der Waals surface area contributed by atoms with E-state index < -0.39 is 0 Å². The van der Waals surface area contributed by atoms with Crippen LogP contribution in [0.2, 0.25) is 0 Å². The van der Waals surface area contributed by atoms with Gasteiger partial charge in [0.15, 0.2) is 0 Å². The molecule has 1 amide bonds. The minimum atomic E-state index is -0.214. The number of carbonyl (C=O) groups excluding carboxylic acids is 1. The van der Waals surface area contributed by atoms with Gasteiger partial charge >= 0.3 is 0 Å². The van der Waals surface area contributed by atoms with Gasteiger partial charge in [0.2, 0.25) is 5.91 Å². The van der Waals surface area contributed by atoms with E-state index in [1.165, 1.54) is 5.56 Å². The number of nitrogens with one attached hydrogen (secondary N) is 2. The second-order valence-electron chi connectivity index (χ2n) is 5.10. The van der Waals surface area contributed by atoms with E-state index in [0.717, 1.165) is 12.1 Å². The van der Waals surface area contributed by atoms with Crippen molar-refractivity contribution >= 4 is 5.91 Å². The summed E-state index contributed by atoms with van der Waals surface area (Å²) in [5.74, 6) is 0.0557. The van der Waals surface area contributed by atoms with Gasteiger partial charge in [-0.3, -0.25) is 10.1 Å². The highest BCUT2D eigenvalue weighted by Gasteiger charge is 2.32. The van der Waals surface area contributed by atoms with E-state index in [2.05, 4.69) is 10.6 Å². The first-order valence-electron chi connectivity index (χ1n) is 5.60. The number of benzene rings is 1. The standard InChI is InChI=1S/C13H18N2O/c1-9-4-6-10(7-5-9)11-12(16)15-13(2,3)8-14-11/h4-7,11,14H,8H2,1-3H3,(H,15,16). The molecule has 1 saturated heterocycles. The smallest absolute Gasteiger partial charge is 0.242 e. The second-order valence-corrected chi connectivity index (χ2v) is 5.10. The molecule has 0 spiro atoms. The van der Waals surface area contributed by atoms with Gasteiger partial charge in [-0.1, -0.05) is 29.8 Å². The van der Waals surface area contributed by atoms with Crippen molar-refractivity contribution in [2.24, 2.45) is 0 Å². The Kier molecular flexibility index (Phi) is 2.72. The van der Waals surface area contributed by atoms with Gasteiger partial charge in [-0.25, -0.2) is 0 Å². The van der Waals surface area contributed by atoms with Gasteiger partial charge in [-0.05, 0) is 26.3 Å². The summed E-state index contributed by atoms with van der Waals surface area (Å²) in [5, 5.41) is 6.30. The largest absolute Gasteiger partial charge is 0.348 e. The Morgan fingerprint density at radius 2 is 1.88 bits per heavy atom. The molecule has 1 aromatic carbocycles. The van der Waals surface area contributed by atoms with E-state index in [9.17, 15) is 4.79 Å². The quantitative estimate of drug-likeness (QED) is 0.750. The molecule has 1 aromatic rings. The number of hydrogen-bond donors (Lipinski definition) is 2. The van der Waals surface area contributed by atoms with Crippen LogP contribution in [0.5, 0.6) is 0 Å². The predicted molar refractivity (Wildman–Crippen MR) is 64.1 cm³/mol. The zero-order valence-corrected chi connectivity index (χ0v) is 10.0. The summed E-state index contributed by atoms with van der Waals surface area (Å²) in [6, 6.07) is 7.86. The van der Waals surface area contributed by atoms with Crippen LogP contribution in [0.3, 0.4) is 0 Å². The fourth-order valence-corrected chi connectivity index (χ4v) is 1.93. The fourth-order valence-electron chi connectivity index (χ4n) is 1.93. The molecule has 0 radical (unpaired) electrons. The molecule has 1 aliphatic heterocycles. The van der Waals surface area contributed by atoms with E-state index in [-0.39, 0.29) is 17.5 Å². The topological polar surface area (TPSA) is 41.1 Å². The van der Waals surface area contributed by atoms with Gasteiger partial charge in [0.05, 0.1) is 0 Å². The number of carbonyl (C=O) groups is 1. The Morgan fingerprint density at radius 1 is 1.25 bits per heavy atom. The Balaban J connectivity index is 2.17. The highest BCUT2D eigenvalue weighted by Crippen LogP contribution is 2.19. The van der Waals surface area contributed by atoms with E-state index in [4.69, 9.17) is 0 Å². The van der Waals surface area contributed by atoms with Crippen LogP contribution in [0.15, 0.2) is 24.3 Å². The van der Waals surface area contributed by atoms with Crippen molar-refractivity contribution in [2.75, 3.05) is 6.54 Å². The second kappa shape index (κ2) is 3.91. The normalized spacial score (nSPS) is 23.9. The lowest BCUT2D eigenvalue weighted by Gasteiger charge is -2.36. The SMILES string of the molecule is Cc1ccc(C2NCC(C)(C)NC2=O)cc1. The molecular weight excluding hydrogens is 200 g/mol. The molecule has 0 saturated carbocycles. The maximum Gasteiger partial charge on any atom is 0.242 e. The van der Waals surface area contributed by atoms with Crippen LogP contribution in [-0.4, -0.2) is 18.0 Å². The average molecular weight is 218 g/mol. The molecular formula is C13H18N2O. The zero-order valence-electron chi connectivity index (χ0n) is 10.0. The maximum absolute atomic E-state index is 11.9. The van der Waals surface area contributed by atoms with Crippen LogP contribution in [0.25, 0.3) is 0 Å². The third-order valence-corrected chi connectivity index (χ3v) is 2.88. The molecule has 3 nitrogen and oxygen atoms in total. The highest BCUT2D eigenvalue weighted by atomic mass is 16.2. The molecule has 0 aromatic heterocycles. The lowest BCUT2D eigenvalue weighted by atomic mass is 9.96. The van der Waals surface area contributed by atoms with Gasteiger partial charge in [-0.15, -0.1) is 0 Å². The molecule has 1 unspecified atom stereocenters. The molecule has 86 valence electrons. The molecule has 16 heavy (non-hydrogen) atoms. The van der Waals surface area contributed by atoms with Crippen LogP contribution >= 0.6 is 0 Å². The van der Waals surface area contributed by atoms with E-state index >= 15 is 0 Å². The van der Waals surface area contributed by atoms with E-state index in [0.29, 0.717) is 0 Å². The number of aryl methyl sites for hydroxylation is 1. The molecule has 1 aliphatic rings. The summed E-state index contributed by atoms with van der Waals surface area (Å²) in [7, 11) is 0. The summed E-state index contributed by atoms with van der Waals surface area (Å²) in [5.41, 5.74) is 2.08. The van der Waals surface area contributed by atoms with Crippen molar-refractivity contribution in [2.45, 2.75) is 32.4 Å². The molecule has 2 rings (SSSR count). The van der Waals surface area contributed by atoms with Crippen molar-refractivity contribution in [3.05, 3.63) is 35.4 Å². The third-order valence-electron chi connectivity index (χ3n) is 2.88. The number of piperazine rings is 1.